The number of rotatable bonds is 4. The maximum absolute atomic E-state index is 5.16. The molecule has 0 atom stereocenters. The fourth-order valence-electron chi connectivity index (χ4n) is 1.97. The standard InChI is InChI=1S/C18H20O/c1-14-4-10-17(11-5-14)15(2)6-7-16-8-12-18(19-3)13-9-16/h4-6,8-13H,7H2,1-3H3/b15-6+. The lowest BCUT2D eigenvalue weighted by molar-refractivity contribution is 0.414. The lowest BCUT2D eigenvalue weighted by Crippen LogP contribution is -1.86. The minimum absolute atomic E-state index is 0.906. The molecule has 0 spiro atoms. The van der Waals surface area contributed by atoms with Gasteiger partial charge in [0, 0.05) is 0 Å². The molecule has 0 heterocycles. The summed E-state index contributed by atoms with van der Waals surface area (Å²) in [4.78, 5) is 0. The summed E-state index contributed by atoms with van der Waals surface area (Å²) in [7, 11) is 1.69. The van der Waals surface area contributed by atoms with E-state index in [9.17, 15) is 0 Å². The highest BCUT2D eigenvalue weighted by molar-refractivity contribution is 5.64. The van der Waals surface area contributed by atoms with Crippen molar-refractivity contribution in [2.24, 2.45) is 0 Å². The van der Waals surface area contributed by atoms with Crippen molar-refractivity contribution >= 4 is 5.57 Å². The van der Waals surface area contributed by atoms with Gasteiger partial charge in [-0.2, -0.15) is 0 Å². The first-order valence-electron chi connectivity index (χ1n) is 6.56. The van der Waals surface area contributed by atoms with Gasteiger partial charge in [-0.15, -0.1) is 0 Å². The Morgan fingerprint density at radius 3 is 2.21 bits per heavy atom. The van der Waals surface area contributed by atoms with E-state index in [4.69, 9.17) is 4.74 Å². The van der Waals surface area contributed by atoms with Crippen LogP contribution in [0.5, 0.6) is 5.75 Å². The summed E-state index contributed by atoms with van der Waals surface area (Å²) in [6.45, 7) is 4.27. The highest BCUT2D eigenvalue weighted by Crippen LogP contribution is 2.17. The fraction of sp³-hybridized carbons (Fsp3) is 0.222. The van der Waals surface area contributed by atoms with Crippen LogP contribution in [0.4, 0.5) is 0 Å². The van der Waals surface area contributed by atoms with E-state index in [0.717, 1.165) is 12.2 Å². The van der Waals surface area contributed by atoms with Gasteiger partial charge in [0.05, 0.1) is 7.11 Å². The molecular weight excluding hydrogens is 232 g/mol. The molecule has 1 nitrogen and oxygen atoms in total. The second-order valence-electron chi connectivity index (χ2n) is 4.81. The zero-order valence-corrected chi connectivity index (χ0v) is 11.8. The maximum atomic E-state index is 5.16. The van der Waals surface area contributed by atoms with E-state index in [1.54, 1.807) is 7.11 Å². The molecule has 0 unspecified atom stereocenters. The third kappa shape index (κ3) is 3.72. The Morgan fingerprint density at radius 1 is 1.00 bits per heavy atom. The predicted octanol–water partition coefficient (Wildman–Crippen LogP) is 4.65. The number of hydrogen-bond donors (Lipinski definition) is 0. The van der Waals surface area contributed by atoms with Gasteiger partial charge < -0.3 is 4.74 Å². The molecule has 0 fully saturated rings. The average molecular weight is 252 g/mol. The van der Waals surface area contributed by atoms with Crippen LogP contribution in [0.25, 0.3) is 5.57 Å². The van der Waals surface area contributed by atoms with Gasteiger partial charge in [-0.1, -0.05) is 48.0 Å². The minimum atomic E-state index is 0.906. The Labute approximate surface area is 115 Å². The summed E-state index contributed by atoms with van der Waals surface area (Å²) >= 11 is 0. The summed E-state index contributed by atoms with van der Waals surface area (Å²) < 4.78 is 5.16. The minimum Gasteiger partial charge on any atom is -0.497 e. The number of ether oxygens (including phenoxy) is 1. The number of hydrogen-bond acceptors (Lipinski definition) is 1. The lowest BCUT2D eigenvalue weighted by atomic mass is 10.0. The molecule has 0 aliphatic rings. The van der Waals surface area contributed by atoms with Crippen LogP contribution in [-0.4, -0.2) is 7.11 Å². The average Bonchev–Trinajstić information content (AvgIpc) is 2.46. The van der Waals surface area contributed by atoms with Crippen LogP contribution in [-0.2, 0) is 6.42 Å². The molecule has 0 saturated carbocycles. The van der Waals surface area contributed by atoms with E-state index in [1.807, 2.05) is 12.1 Å². The van der Waals surface area contributed by atoms with Crippen LogP contribution in [0.3, 0.4) is 0 Å². The van der Waals surface area contributed by atoms with Gasteiger partial charge in [-0.05, 0) is 49.1 Å². The number of allylic oxidation sites excluding steroid dienone is 2. The first kappa shape index (κ1) is 13.4. The Morgan fingerprint density at radius 2 is 1.63 bits per heavy atom. The molecule has 2 rings (SSSR count). The molecule has 0 aliphatic carbocycles. The van der Waals surface area contributed by atoms with Crippen molar-refractivity contribution in [2.75, 3.05) is 7.11 Å². The maximum Gasteiger partial charge on any atom is 0.118 e. The molecule has 19 heavy (non-hydrogen) atoms. The Bertz CT molecular complexity index is 547. The van der Waals surface area contributed by atoms with Gasteiger partial charge in [0.1, 0.15) is 5.75 Å². The third-order valence-electron chi connectivity index (χ3n) is 3.31. The van der Waals surface area contributed by atoms with Crippen LogP contribution in [0.1, 0.15) is 23.6 Å². The van der Waals surface area contributed by atoms with Gasteiger partial charge in [-0.3, -0.25) is 0 Å². The van der Waals surface area contributed by atoms with Crippen molar-refractivity contribution in [3.05, 3.63) is 71.3 Å². The highest BCUT2D eigenvalue weighted by Gasteiger charge is 1.96. The fourth-order valence-corrected chi connectivity index (χ4v) is 1.97. The molecule has 0 radical (unpaired) electrons. The molecular formula is C18H20O. The molecule has 2 aromatic carbocycles. The van der Waals surface area contributed by atoms with E-state index in [-0.39, 0.29) is 0 Å². The largest absolute Gasteiger partial charge is 0.497 e. The predicted molar refractivity (Wildman–Crippen MR) is 81.5 cm³/mol. The van der Waals surface area contributed by atoms with Gasteiger partial charge >= 0.3 is 0 Å². The Hall–Kier alpha value is -2.02. The van der Waals surface area contributed by atoms with Crippen molar-refractivity contribution in [1.29, 1.82) is 0 Å². The first-order chi connectivity index (χ1) is 9.19. The van der Waals surface area contributed by atoms with Gasteiger partial charge in [0.15, 0.2) is 0 Å². The summed E-state index contributed by atoms with van der Waals surface area (Å²) in [5.74, 6) is 0.906. The molecule has 0 bridgehead atoms. The second-order valence-corrected chi connectivity index (χ2v) is 4.81. The van der Waals surface area contributed by atoms with Crippen LogP contribution >= 0.6 is 0 Å². The molecule has 0 aromatic heterocycles. The normalized spacial score (nSPS) is 11.4. The van der Waals surface area contributed by atoms with Crippen molar-refractivity contribution in [2.45, 2.75) is 20.3 Å². The summed E-state index contributed by atoms with van der Waals surface area (Å²) in [6.07, 6.45) is 3.22. The van der Waals surface area contributed by atoms with Crippen molar-refractivity contribution in [3.63, 3.8) is 0 Å². The first-order valence-corrected chi connectivity index (χ1v) is 6.56. The number of methoxy groups -OCH3 is 1. The van der Waals surface area contributed by atoms with Crippen LogP contribution < -0.4 is 4.74 Å². The van der Waals surface area contributed by atoms with Gasteiger partial charge in [0.2, 0.25) is 0 Å². The number of benzene rings is 2. The topological polar surface area (TPSA) is 9.23 Å². The van der Waals surface area contributed by atoms with Crippen LogP contribution in [0.2, 0.25) is 0 Å². The van der Waals surface area contributed by atoms with Crippen molar-refractivity contribution in [1.82, 2.24) is 0 Å². The molecule has 0 N–H and O–H groups in total. The molecule has 0 saturated heterocycles. The molecule has 0 aliphatic heterocycles. The zero-order valence-electron chi connectivity index (χ0n) is 11.8. The summed E-state index contributed by atoms with van der Waals surface area (Å²) in [5, 5.41) is 0. The monoisotopic (exact) mass is 252 g/mol. The Balaban J connectivity index is 2.06. The van der Waals surface area contributed by atoms with Crippen molar-refractivity contribution in [3.8, 4) is 5.75 Å². The molecule has 2 aromatic rings. The van der Waals surface area contributed by atoms with E-state index >= 15 is 0 Å². The molecule has 1 heteroatoms. The van der Waals surface area contributed by atoms with Gasteiger partial charge in [0.25, 0.3) is 0 Å². The highest BCUT2D eigenvalue weighted by atomic mass is 16.5. The van der Waals surface area contributed by atoms with Crippen LogP contribution in [0.15, 0.2) is 54.6 Å². The van der Waals surface area contributed by atoms with E-state index in [2.05, 4.69) is 56.3 Å². The van der Waals surface area contributed by atoms with Crippen LogP contribution in [0, 0.1) is 6.92 Å². The van der Waals surface area contributed by atoms with Crippen molar-refractivity contribution < 1.29 is 4.74 Å². The summed E-state index contributed by atoms with van der Waals surface area (Å²) in [6, 6.07) is 16.9. The second kappa shape index (κ2) is 6.24. The molecule has 0 amide bonds. The van der Waals surface area contributed by atoms with E-state index < -0.39 is 0 Å². The van der Waals surface area contributed by atoms with E-state index in [1.165, 1.54) is 22.3 Å². The van der Waals surface area contributed by atoms with Gasteiger partial charge in [-0.25, -0.2) is 0 Å². The summed E-state index contributed by atoms with van der Waals surface area (Å²) in [5.41, 5.74) is 5.20. The SMILES string of the molecule is COc1ccc(C/C=C(\C)c2ccc(C)cc2)cc1. The molecule has 98 valence electrons. The number of aryl methyl sites for hydroxylation is 1. The quantitative estimate of drug-likeness (QED) is 0.769. The smallest absolute Gasteiger partial charge is 0.118 e. The van der Waals surface area contributed by atoms with E-state index in [0.29, 0.717) is 0 Å². The third-order valence-corrected chi connectivity index (χ3v) is 3.31. The Kier molecular flexibility index (Phi) is 4.40. The zero-order chi connectivity index (χ0) is 13.7. The lowest BCUT2D eigenvalue weighted by Gasteiger charge is -2.04.